The molecule has 0 aliphatic heterocycles. The quantitative estimate of drug-likeness (QED) is 0.282. The van der Waals surface area contributed by atoms with Crippen LogP contribution in [0.15, 0.2) is 72.8 Å². The van der Waals surface area contributed by atoms with Crippen molar-refractivity contribution in [3.63, 3.8) is 0 Å². The van der Waals surface area contributed by atoms with E-state index < -0.39 is 0 Å². The van der Waals surface area contributed by atoms with Crippen LogP contribution in [0.25, 0.3) is 22.3 Å². The number of ether oxygens (including phenoxy) is 1. The topological polar surface area (TPSA) is 61.3 Å². The van der Waals surface area contributed by atoms with Gasteiger partial charge in [-0.3, -0.25) is 0 Å². The van der Waals surface area contributed by atoms with Crippen LogP contribution in [0.3, 0.4) is 0 Å². The van der Waals surface area contributed by atoms with Crippen LogP contribution in [0.4, 0.5) is 11.4 Å². The lowest BCUT2D eigenvalue weighted by atomic mass is 10.0. The Balaban J connectivity index is 1.90. The second-order valence-corrected chi connectivity index (χ2v) is 8.48. The van der Waals surface area contributed by atoms with Gasteiger partial charge in [0.2, 0.25) is 0 Å². The van der Waals surface area contributed by atoms with Gasteiger partial charge in [0.15, 0.2) is 11.5 Å². The molecular formula is C24H16Cl4N2O. The van der Waals surface area contributed by atoms with Gasteiger partial charge in [-0.1, -0.05) is 70.7 Å². The van der Waals surface area contributed by atoms with Gasteiger partial charge in [-0.2, -0.15) is 0 Å². The molecule has 4 aromatic rings. The molecule has 4 aromatic carbocycles. The Morgan fingerprint density at radius 1 is 0.484 bits per heavy atom. The Labute approximate surface area is 200 Å². The number of benzene rings is 4. The highest BCUT2D eigenvalue weighted by atomic mass is 35.5. The van der Waals surface area contributed by atoms with Crippen molar-refractivity contribution in [3.8, 4) is 33.8 Å². The van der Waals surface area contributed by atoms with Crippen molar-refractivity contribution in [3.05, 3.63) is 92.9 Å². The second-order valence-electron chi connectivity index (χ2n) is 6.79. The normalized spacial score (nSPS) is 10.8. The van der Waals surface area contributed by atoms with Gasteiger partial charge < -0.3 is 16.2 Å². The third-order valence-corrected chi connectivity index (χ3v) is 5.96. The number of hydrogen-bond acceptors (Lipinski definition) is 3. The fourth-order valence-electron chi connectivity index (χ4n) is 3.19. The van der Waals surface area contributed by atoms with Gasteiger partial charge in [-0.15, -0.1) is 0 Å². The summed E-state index contributed by atoms with van der Waals surface area (Å²) in [6.45, 7) is 0. The van der Waals surface area contributed by atoms with Gasteiger partial charge in [-0.05, 0) is 59.7 Å². The van der Waals surface area contributed by atoms with E-state index in [9.17, 15) is 0 Å². The van der Waals surface area contributed by atoms with Crippen molar-refractivity contribution < 1.29 is 4.74 Å². The monoisotopic (exact) mass is 488 g/mol. The number of nitrogens with two attached hydrogens (primary N) is 2. The lowest BCUT2D eigenvalue weighted by molar-refractivity contribution is 0.491. The van der Waals surface area contributed by atoms with E-state index >= 15 is 0 Å². The lowest BCUT2D eigenvalue weighted by Crippen LogP contribution is -2.00. The van der Waals surface area contributed by atoms with Crippen molar-refractivity contribution in [1.82, 2.24) is 0 Å². The fourth-order valence-corrected chi connectivity index (χ4v) is 3.74. The minimum Gasteiger partial charge on any atom is -0.452 e. The molecular weight excluding hydrogens is 474 g/mol. The summed E-state index contributed by atoms with van der Waals surface area (Å²) in [4.78, 5) is 0. The second kappa shape index (κ2) is 8.89. The van der Waals surface area contributed by atoms with E-state index in [0.717, 1.165) is 22.3 Å². The van der Waals surface area contributed by atoms with E-state index in [1.807, 2.05) is 36.4 Å². The van der Waals surface area contributed by atoms with Gasteiger partial charge in [-0.25, -0.2) is 0 Å². The molecule has 4 rings (SSSR count). The third-order valence-electron chi connectivity index (χ3n) is 4.80. The van der Waals surface area contributed by atoms with Gasteiger partial charge in [0.05, 0.1) is 21.4 Å². The summed E-state index contributed by atoms with van der Waals surface area (Å²) >= 11 is 24.7. The maximum atomic E-state index is 6.35. The van der Waals surface area contributed by atoms with Crippen molar-refractivity contribution >= 4 is 57.8 Å². The summed E-state index contributed by atoms with van der Waals surface area (Å²) in [5.41, 5.74) is 16.4. The first-order chi connectivity index (χ1) is 14.8. The van der Waals surface area contributed by atoms with E-state index in [1.165, 1.54) is 0 Å². The average Bonchev–Trinajstić information content (AvgIpc) is 2.76. The summed E-state index contributed by atoms with van der Waals surface area (Å²) in [6.07, 6.45) is 0. The van der Waals surface area contributed by atoms with Crippen LogP contribution in [-0.2, 0) is 0 Å². The number of nitrogen functional groups attached to an aromatic ring is 2. The third kappa shape index (κ3) is 4.41. The number of rotatable bonds is 4. The Morgan fingerprint density at radius 2 is 0.839 bits per heavy atom. The van der Waals surface area contributed by atoms with E-state index in [4.69, 9.17) is 62.6 Å². The molecule has 3 nitrogen and oxygen atoms in total. The Hall–Kier alpha value is -2.56. The minimum atomic E-state index is 0.288. The van der Waals surface area contributed by atoms with Crippen LogP contribution >= 0.6 is 46.4 Å². The highest BCUT2D eigenvalue weighted by Gasteiger charge is 2.20. The first-order valence-electron chi connectivity index (χ1n) is 9.21. The zero-order chi connectivity index (χ0) is 22.1. The van der Waals surface area contributed by atoms with E-state index in [0.29, 0.717) is 31.6 Å². The molecule has 0 saturated heterocycles. The van der Waals surface area contributed by atoms with Crippen molar-refractivity contribution in [2.45, 2.75) is 0 Å². The molecule has 0 atom stereocenters. The molecule has 0 unspecified atom stereocenters. The summed E-state index contributed by atoms with van der Waals surface area (Å²) in [5, 5.41) is 1.97. The summed E-state index contributed by atoms with van der Waals surface area (Å²) in [5.74, 6) is 0.748. The molecule has 0 radical (unpaired) electrons. The van der Waals surface area contributed by atoms with Crippen molar-refractivity contribution in [2.24, 2.45) is 0 Å². The predicted molar refractivity (Wildman–Crippen MR) is 133 cm³/mol. The van der Waals surface area contributed by atoms with Gasteiger partial charge in [0, 0.05) is 21.2 Å². The molecule has 156 valence electrons. The highest BCUT2D eigenvalue weighted by molar-refractivity contribution is 6.34. The van der Waals surface area contributed by atoms with Crippen LogP contribution in [0.1, 0.15) is 0 Å². The van der Waals surface area contributed by atoms with Gasteiger partial charge in [0.1, 0.15) is 0 Å². The maximum Gasteiger partial charge on any atom is 0.159 e. The largest absolute Gasteiger partial charge is 0.452 e. The molecule has 0 heterocycles. The molecule has 0 amide bonds. The standard InChI is InChI=1S/C24H16Cl4N2O/c25-15-5-1-13(2-6-15)17-9-11-19(27)21(29)23(17)31-24-18(10-12-20(28)22(24)30)14-3-7-16(26)8-4-14/h1-12H,29-30H2. The molecule has 4 N–H and O–H groups in total. The molecule has 0 aliphatic rings. The Morgan fingerprint density at radius 3 is 1.19 bits per heavy atom. The van der Waals surface area contributed by atoms with Crippen LogP contribution in [0.2, 0.25) is 20.1 Å². The molecule has 0 bridgehead atoms. The molecule has 31 heavy (non-hydrogen) atoms. The summed E-state index contributed by atoms with van der Waals surface area (Å²) < 4.78 is 6.35. The molecule has 0 spiro atoms. The molecule has 0 saturated carbocycles. The zero-order valence-electron chi connectivity index (χ0n) is 16.0. The molecule has 0 aromatic heterocycles. The highest BCUT2D eigenvalue weighted by Crippen LogP contribution is 2.47. The summed E-state index contributed by atoms with van der Waals surface area (Å²) in [6, 6.07) is 21.8. The Bertz CT molecular complexity index is 1160. The average molecular weight is 490 g/mol. The van der Waals surface area contributed by atoms with E-state index in [-0.39, 0.29) is 11.4 Å². The SMILES string of the molecule is Nc1c(Cl)ccc(-c2ccc(Cl)cc2)c1Oc1c(-c2ccc(Cl)cc2)ccc(Cl)c1N. The zero-order valence-corrected chi connectivity index (χ0v) is 19.0. The number of halogens is 4. The Kier molecular flexibility index (Phi) is 6.22. The predicted octanol–water partition coefficient (Wildman–Crippen LogP) is 8.59. The van der Waals surface area contributed by atoms with Crippen LogP contribution < -0.4 is 16.2 Å². The van der Waals surface area contributed by atoms with Crippen molar-refractivity contribution in [2.75, 3.05) is 11.5 Å². The van der Waals surface area contributed by atoms with Crippen molar-refractivity contribution in [1.29, 1.82) is 0 Å². The van der Waals surface area contributed by atoms with E-state index in [1.54, 1.807) is 36.4 Å². The molecule has 7 heteroatoms. The summed E-state index contributed by atoms with van der Waals surface area (Å²) in [7, 11) is 0. The number of anilines is 2. The van der Waals surface area contributed by atoms with Gasteiger partial charge in [0.25, 0.3) is 0 Å². The number of hydrogen-bond donors (Lipinski definition) is 2. The van der Waals surface area contributed by atoms with Crippen LogP contribution in [0, 0.1) is 0 Å². The maximum absolute atomic E-state index is 6.35. The van der Waals surface area contributed by atoms with Crippen LogP contribution in [-0.4, -0.2) is 0 Å². The van der Waals surface area contributed by atoms with E-state index in [2.05, 4.69) is 0 Å². The minimum absolute atomic E-state index is 0.288. The fraction of sp³-hybridized carbons (Fsp3) is 0. The lowest BCUT2D eigenvalue weighted by Gasteiger charge is -2.19. The molecule has 0 fully saturated rings. The molecule has 0 aliphatic carbocycles. The first-order valence-corrected chi connectivity index (χ1v) is 10.7. The van der Waals surface area contributed by atoms with Gasteiger partial charge >= 0.3 is 0 Å². The smallest absolute Gasteiger partial charge is 0.159 e. The van der Waals surface area contributed by atoms with Crippen LogP contribution in [0.5, 0.6) is 11.5 Å². The first kappa shape index (κ1) is 21.7.